The highest BCUT2D eigenvalue weighted by atomic mass is 35.5. The molecule has 3 heterocycles. The molecular weight excluding hydrogens is 438 g/mol. The molecule has 0 unspecified atom stereocenters. The number of piperazine rings is 1. The van der Waals surface area contributed by atoms with Crippen LogP contribution in [0.5, 0.6) is 11.5 Å². The summed E-state index contributed by atoms with van der Waals surface area (Å²) in [5, 5.41) is 1.53. The Bertz CT molecular complexity index is 1230. The summed E-state index contributed by atoms with van der Waals surface area (Å²) in [5.74, 6) is 1.06. The van der Waals surface area contributed by atoms with Crippen molar-refractivity contribution in [3.05, 3.63) is 59.2 Å². The number of ether oxygens (including phenoxy) is 2. The van der Waals surface area contributed by atoms with E-state index in [9.17, 15) is 8.42 Å². The van der Waals surface area contributed by atoms with E-state index in [2.05, 4.69) is 16.0 Å². The maximum absolute atomic E-state index is 13.1. The molecule has 7 nitrogen and oxygen atoms in total. The van der Waals surface area contributed by atoms with Crippen LogP contribution in [-0.4, -0.2) is 62.0 Å². The third kappa shape index (κ3) is 4.08. The Balaban J connectivity index is 1.27. The van der Waals surface area contributed by atoms with Crippen LogP contribution in [0.4, 0.5) is 0 Å². The summed E-state index contributed by atoms with van der Waals surface area (Å²) >= 11 is 6.40. The number of aromatic nitrogens is 1. The molecule has 0 spiro atoms. The molecule has 0 bridgehead atoms. The van der Waals surface area contributed by atoms with Crippen LogP contribution in [0.3, 0.4) is 0 Å². The van der Waals surface area contributed by atoms with Gasteiger partial charge in [-0.05, 0) is 24.3 Å². The van der Waals surface area contributed by atoms with Crippen LogP contribution >= 0.6 is 11.6 Å². The highest BCUT2D eigenvalue weighted by Gasteiger charge is 2.30. The van der Waals surface area contributed by atoms with Crippen LogP contribution in [-0.2, 0) is 16.6 Å². The second kappa shape index (κ2) is 8.27. The summed E-state index contributed by atoms with van der Waals surface area (Å²) in [6.45, 7) is 3.58. The minimum atomic E-state index is -3.60. The molecule has 31 heavy (non-hydrogen) atoms. The molecule has 2 aliphatic heterocycles. The molecule has 0 aliphatic carbocycles. The first-order valence-electron chi connectivity index (χ1n) is 10.2. The van der Waals surface area contributed by atoms with Crippen LogP contribution in [0.1, 0.15) is 5.56 Å². The van der Waals surface area contributed by atoms with Crippen molar-refractivity contribution in [2.45, 2.75) is 11.4 Å². The molecule has 2 aliphatic rings. The number of hydrogen-bond donors (Lipinski definition) is 0. The summed E-state index contributed by atoms with van der Waals surface area (Å²) < 4.78 is 38.8. The third-order valence-corrected chi connectivity index (χ3v) is 7.85. The van der Waals surface area contributed by atoms with Crippen molar-refractivity contribution in [3.8, 4) is 11.5 Å². The molecular formula is C22H22ClN3O4S. The highest BCUT2D eigenvalue weighted by molar-refractivity contribution is 7.89. The van der Waals surface area contributed by atoms with E-state index in [1.807, 2.05) is 24.3 Å². The predicted octanol–water partition coefficient (Wildman–Crippen LogP) is 3.17. The van der Waals surface area contributed by atoms with Gasteiger partial charge in [-0.3, -0.25) is 4.90 Å². The summed E-state index contributed by atoms with van der Waals surface area (Å²) in [7, 11) is -3.60. The Morgan fingerprint density at radius 3 is 2.48 bits per heavy atom. The number of rotatable bonds is 4. The van der Waals surface area contributed by atoms with Gasteiger partial charge in [0.05, 0.1) is 10.4 Å². The van der Waals surface area contributed by atoms with Gasteiger partial charge in [-0.2, -0.15) is 4.31 Å². The van der Waals surface area contributed by atoms with E-state index in [0.717, 1.165) is 16.5 Å². The quantitative estimate of drug-likeness (QED) is 0.558. The molecule has 9 heteroatoms. The number of para-hydroxylation sites is 1. The first kappa shape index (κ1) is 20.5. The van der Waals surface area contributed by atoms with Crippen LogP contribution in [0.25, 0.3) is 10.9 Å². The normalized spacial score (nSPS) is 17.7. The number of sulfonamides is 1. The lowest BCUT2D eigenvalue weighted by Gasteiger charge is -2.34. The summed E-state index contributed by atoms with van der Waals surface area (Å²) in [6, 6.07) is 14.7. The fourth-order valence-corrected chi connectivity index (χ4v) is 5.59. The Morgan fingerprint density at radius 2 is 1.68 bits per heavy atom. The Hall–Kier alpha value is -2.39. The Kier molecular flexibility index (Phi) is 5.47. The van der Waals surface area contributed by atoms with E-state index >= 15 is 0 Å². The lowest BCUT2D eigenvalue weighted by Crippen LogP contribution is -2.48. The zero-order chi connectivity index (χ0) is 21.4. The predicted molar refractivity (Wildman–Crippen MR) is 118 cm³/mol. The fourth-order valence-electron chi connectivity index (χ4n) is 3.95. The summed E-state index contributed by atoms with van der Waals surface area (Å²) in [5.41, 5.74) is 1.81. The Labute approximate surface area is 186 Å². The standard InChI is InChI=1S/C22H22ClN3O4S/c23-22-17(13-16-3-1-2-4-19(16)24-22)15-25-7-9-26(10-8-25)31(27,28)18-5-6-20-21(14-18)30-12-11-29-20/h1-6,13-14H,7-12,15H2. The number of pyridine rings is 1. The van der Waals surface area contributed by atoms with Crippen LogP contribution in [0.15, 0.2) is 53.4 Å². The molecule has 0 amide bonds. The maximum Gasteiger partial charge on any atom is 0.243 e. The van der Waals surface area contributed by atoms with Gasteiger partial charge < -0.3 is 9.47 Å². The van der Waals surface area contributed by atoms with Gasteiger partial charge in [0, 0.05) is 49.7 Å². The zero-order valence-corrected chi connectivity index (χ0v) is 18.4. The molecule has 162 valence electrons. The molecule has 3 aromatic rings. The van der Waals surface area contributed by atoms with E-state index in [1.54, 1.807) is 18.2 Å². The number of nitrogens with zero attached hydrogens (tertiary/aromatic N) is 3. The van der Waals surface area contributed by atoms with Crippen LogP contribution in [0.2, 0.25) is 5.15 Å². The monoisotopic (exact) mass is 459 g/mol. The van der Waals surface area contributed by atoms with Crippen molar-refractivity contribution in [2.24, 2.45) is 0 Å². The van der Waals surface area contributed by atoms with E-state index < -0.39 is 10.0 Å². The lowest BCUT2D eigenvalue weighted by atomic mass is 10.1. The van der Waals surface area contributed by atoms with Crippen LogP contribution < -0.4 is 9.47 Å². The number of halogens is 1. The number of fused-ring (bicyclic) bond motifs is 2. The minimum Gasteiger partial charge on any atom is -0.486 e. The third-order valence-electron chi connectivity index (χ3n) is 5.63. The van der Waals surface area contributed by atoms with Crippen molar-refractivity contribution in [2.75, 3.05) is 39.4 Å². The molecule has 1 fully saturated rings. The molecule has 5 rings (SSSR count). The minimum absolute atomic E-state index is 0.229. The van der Waals surface area contributed by atoms with Crippen molar-refractivity contribution < 1.29 is 17.9 Å². The average Bonchev–Trinajstić information content (AvgIpc) is 2.79. The van der Waals surface area contributed by atoms with Gasteiger partial charge in [0.15, 0.2) is 11.5 Å². The largest absolute Gasteiger partial charge is 0.486 e. The average molecular weight is 460 g/mol. The van der Waals surface area contributed by atoms with Gasteiger partial charge in [-0.1, -0.05) is 29.8 Å². The molecule has 0 saturated carbocycles. The number of benzene rings is 2. The van der Waals surface area contributed by atoms with Gasteiger partial charge in [0.2, 0.25) is 10.0 Å². The van der Waals surface area contributed by atoms with Crippen LogP contribution in [0, 0.1) is 0 Å². The summed E-state index contributed by atoms with van der Waals surface area (Å²) in [4.78, 5) is 6.91. The fraction of sp³-hybridized carbons (Fsp3) is 0.318. The second-order valence-corrected chi connectivity index (χ2v) is 9.91. The SMILES string of the molecule is O=S(=O)(c1ccc2c(c1)OCCO2)N1CCN(Cc2cc3ccccc3nc2Cl)CC1. The number of hydrogen-bond acceptors (Lipinski definition) is 6. The molecule has 1 aromatic heterocycles. The van der Waals surface area contributed by atoms with E-state index in [-0.39, 0.29) is 4.90 Å². The molecule has 0 atom stereocenters. The van der Waals surface area contributed by atoms with Crippen molar-refractivity contribution in [1.82, 2.24) is 14.2 Å². The van der Waals surface area contributed by atoms with Crippen molar-refractivity contribution in [3.63, 3.8) is 0 Å². The zero-order valence-electron chi connectivity index (χ0n) is 16.8. The van der Waals surface area contributed by atoms with E-state index in [0.29, 0.717) is 62.6 Å². The first-order chi connectivity index (χ1) is 15.0. The van der Waals surface area contributed by atoms with Crippen molar-refractivity contribution >= 4 is 32.5 Å². The Morgan fingerprint density at radius 1 is 0.935 bits per heavy atom. The molecule has 1 saturated heterocycles. The van der Waals surface area contributed by atoms with Crippen molar-refractivity contribution in [1.29, 1.82) is 0 Å². The van der Waals surface area contributed by atoms with E-state index in [4.69, 9.17) is 21.1 Å². The van der Waals surface area contributed by atoms with Gasteiger partial charge >= 0.3 is 0 Å². The first-order valence-corrected chi connectivity index (χ1v) is 12.0. The lowest BCUT2D eigenvalue weighted by molar-refractivity contribution is 0.170. The van der Waals surface area contributed by atoms with Gasteiger partial charge in [-0.25, -0.2) is 13.4 Å². The van der Waals surface area contributed by atoms with E-state index in [1.165, 1.54) is 4.31 Å². The topological polar surface area (TPSA) is 72.0 Å². The summed E-state index contributed by atoms with van der Waals surface area (Å²) in [6.07, 6.45) is 0. The molecule has 2 aromatic carbocycles. The van der Waals surface area contributed by atoms with Gasteiger partial charge in [0.25, 0.3) is 0 Å². The maximum atomic E-state index is 13.1. The second-order valence-electron chi connectivity index (χ2n) is 7.62. The van der Waals surface area contributed by atoms with Gasteiger partial charge in [0.1, 0.15) is 18.4 Å². The van der Waals surface area contributed by atoms with Gasteiger partial charge in [-0.15, -0.1) is 0 Å². The molecule has 0 N–H and O–H groups in total. The highest BCUT2D eigenvalue weighted by Crippen LogP contribution is 2.33. The molecule has 0 radical (unpaired) electrons. The smallest absolute Gasteiger partial charge is 0.243 e.